The molecule has 192 valence electrons. The maximum atomic E-state index is 13.5. The first kappa shape index (κ1) is 32.0. The first-order valence-corrected chi connectivity index (χ1v) is 12.8. The number of carbonyl (C=O) groups excluding carboxylic acids is 1. The normalized spacial score (nSPS) is 11.2. The molecule has 5 nitrogen and oxygen atoms in total. The fourth-order valence-electron chi connectivity index (χ4n) is 2.51. The maximum Gasteiger partial charge on any atom is 1.00 e. The Morgan fingerprint density at radius 2 is 1.38 bits per heavy atom. The first-order chi connectivity index (χ1) is 15.5. The summed E-state index contributed by atoms with van der Waals surface area (Å²) in [6.45, 7) is 9.43. The van der Waals surface area contributed by atoms with E-state index in [0.29, 0.717) is 0 Å². The molecular formula is C22H27AuF5N3O2P+. The quantitative estimate of drug-likeness (QED) is 0.0332. The minimum Gasteiger partial charge on any atom is -0.488 e. The van der Waals surface area contributed by atoms with E-state index in [1.807, 2.05) is 0 Å². The van der Waals surface area contributed by atoms with E-state index in [0.717, 1.165) is 6.07 Å². The van der Waals surface area contributed by atoms with Crippen LogP contribution in [0.5, 0.6) is 5.75 Å². The van der Waals surface area contributed by atoms with Crippen LogP contribution in [0.4, 0.5) is 22.0 Å². The second-order valence-corrected chi connectivity index (χ2v) is 12.2. The van der Waals surface area contributed by atoms with Gasteiger partial charge in [-0.05, 0) is 20.8 Å². The van der Waals surface area contributed by atoms with Gasteiger partial charge in [-0.2, -0.15) is 15.0 Å². The number of hydrogen-bond donors (Lipinski definition) is 3. The number of rotatable bonds is 7. The van der Waals surface area contributed by atoms with Crippen LogP contribution in [-0.2, 0) is 22.4 Å². The van der Waals surface area contributed by atoms with Gasteiger partial charge in [0.05, 0.1) is 18.5 Å². The van der Waals surface area contributed by atoms with Crippen LogP contribution in [0.2, 0.25) is 0 Å². The molecule has 0 fully saturated rings. The number of benzene rings is 2. The Bertz CT molecular complexity index is 983. The molecule has 2 rings (SSSR count). The van der Waals surface area contributed by atoms with Crippen molar-refractivity contribution in [1.82, 2.24) is 5.43 Å². The summed E-state index contributed by atoms with van der Waals surface area (Å²) in [6, 6.07) is 5.15. The summed E-state index contributed by atoms with van der Waals surface area (Å²) in [5, 5.41) is 0. The van der Waals surface area contributed by atoms with E-state index in [-0.39, 0.29) is 39.2 Å². The van der Waals surface area contributed by atoms with E-state index < -0.39 is 48.1 Å². The Kier molecular flexibility index (Phi) is 13.6. The summed E-state index contributed by atoms with van der Waals surface area (Å²) >= 11 is 0. The molecule has 0 saturated carbocycles. The van der Waals surface area contributed by atoms with E-state index in [4.69, 9.17) is 11.6 Å². The molecule has 0 aromatic heterocycles. The van der Waals surface area contributed by atoms with E-state index in [1.165, 1.54) is 36.7 Å². The molecule has 0 spiro atoms. The summed E-state index contributed by atoms with van der Waals surface area (Å²) in [6.07, 6.45) is 6.48. The van der Waals surface area contributed by atoms with E-state index in [9.17, 15) is 26.7 Å². The van der Waals surface area contributed by atoms with Crippen LogP contribution in [0.3, 0.4) is 0 Å². The van der Waals surface area contributed by atoms with Crippen LogP contribution in [0.1, 0.15) is 36.7 Å². The molecule has 12 heteroatoms. The van der Waals surface area contributed by atoms with Crippen molar-refractivity contribution in [2.45, 2.75) is 20.8 Å². The third-order valence-corrected chi connectivity index (χ3v) is 9.91. The second-order valence-electron chi connectivity index (χ2n) is 7.10. The van der Waals surface area contributed by atoms with Crippen molar-refractivity contribution >= 4 is 18.9 Å². The Morgan fingerprint density at radius 3 is 1.76 bits per heavy atom. The molecule has 0 saturated heterocycles. The van der Waals surface area contributed by atoms with Crippen molar-refractivity contribution in [3.8, 4) is 5.75 Å². The van der Waals surface area contributed by atoms with Gasteiger partial charge in [0.25, 0.3) is 0 Å². The van der Waals surface area contributed by atoms with Crippen LogP contribution in [0.15, 0.2) is 24.3 Å². The zero-order valence-corrected chi connectivity index (χ0v) is 22.1. The third-order valence-electron chi connectivity index (χ3n) is 5.33. The summed E-state index contributed by atoms with van der Waals surface area (Å²) in [5.74, 6) is -9.23. The van der Waals surface area contributed by atoms with Gasteiger partial charge in [-0.15, -0.1) is 17.7 Å². The van der Waals surface area contributed by atoms with Crippen molar-refractivity contribution in [3.63, 3.8) is 0 Å². The summed E-state index contributed by atoms with van der Waals surface area (Å²) in [4.78, 5) is 12.0. The van der Waals surface area contributed by atoms with Gasteiger partial charge < -0.3 is 15.9 Å². The topological polar surface area (TPSA) is 90.4 Å². The molecule has 0 bridgehead atoms. The number of halogens is 5. The van der Waals surface area contributed by atoms with Gasteiger partial charge in [0.2, 0.25) is 34.8 Å². The fraction of sp³-hybridized carbons (Fsp3) is 0.318. The SMILES string of the molecule is CC[P+](C)(CC)CC.N[C-]=C(NN)c1cccc(C(=O)Oc2c(F)c(F)c(F)c(F)c2F)c1.[Au+]. The fourth-order valence-corrected chi connectivity index (χ4v) is 3.85. The number of ether oxygens (including phenoxy) is 1. The summed E-state index contributed by atoms with van der Waals surface area (Å²) in [5.41, 5.74) is 7.47. The molecule has 5 N–H and O–H groups in total. The van der Waals surface area contributed by atoms with Crippen LogP contribution in [0.25, 0.3) is 5.70 Å². The standard InChI is InChI=1S/C15H9F5N3O2.C7H18P.Au/c16-9-10(17)12(19)14(13(20)11(9)18)25-15(24)7-3-1-2-6(4-7)8(5-21)23-22;1-5-8(4,6-2)7-3;/h1-4,23H,21-22H2;5-7H2,1-4H3;/q-1;2*+1. The molecule has 0 amide bonds. The van der Waals surface area contributed by atoms with Gasteiger partial charge in [-0.3, -0.25) is 5.84 Å². The number of hydrazine groups is 1. The predicted octanol–water partition coefficient (Wildman–Crippen LogP) is 4.82. The monoisotopic (exact) mass is 688 g/mol. The average Bonchev–Trinajstić information content (AvgIpc) is 2.85. The van der Waals surface area contributed by atoms with Crippen molar-refractivity contribution in [3.05, 3.63) is 70.7 Å². The van der Waals surface area contributed by atoms with E-state index in [2.05, 4.69) is 43.8 Å². The molecule has 0 unspecified atom stereocenters. The Labute approximate surface area is 211 Å². The van der Waals surface area contributed by atoms with Gasteiger partial charge in [0.1, 0.15) is 0 Å². The van der Waals surface area contributed by atoms with E-state index in [1.54, 1.807) is 0 Å². The van der Waals surface area contributed by atoms with Crippen molar-refractivity contribution < 1.29 is 53.9 Å². The largest absolute Gasteiger partial charge is 1.00 e. The summed E-state index contributed by atoms with van der Waals surface area (Å²) < 4.78 is 70.6. The Balaban J connectivity index is 0.00000104. The number of carbonyl (C=O) groups is 1. The zero-order chi connectivity index (χ0) is 25.3. The van der Waals surface area contributed by atoms with Gasteiger partial charge in [0, 0.05) is 19.5 Å². The van der Waals surface area contributed by atoms with Crippen molar-refractivity contribution in [2.75, 3.05) is 25.2 Å². The van der Waals surface area contributed by atoms with Gasteiger partial charge in [-0.1, -0.05) is 17.8 Å². The van der Waals surface area contributed by atoms with Crippen LogP contribution in [0, 0.1) is 35.3 Å². The van der Waals surface area contributed by atoms with Crippen molar-refractivity contribution in [2.24, 2.45) is 11.6 Å². The smallest absolute Gasteiger partial charge is 0.488 e. The summed E-state index contributed by atoms with van der Waals surface area (Å²) in [7, 11) is -0.412. The Hall–Kier alpha value is -1.97. The van der Waals surface area contributed by atoms with Crippen molar-refractivity contribution in [1.29, 1.82) is 0 Å². The van der Waals surface area contributed by atoms with E-state index >= 15 is 0 Å². The van der Waals surface area contributed by atoms with Crippen LogP contribution in [-0.4, -0.2) is 31.1 Å². The molecule has 34 heavy (non-hydrogen) atoms. The van der Waals surface area contributed by atoms with Crippen LogP contribution >= 0.6 is 7.26 Å². The number of nitrogens with two attached hydrogens (primary N) is 2. The van der Waals surface area contributed by atoms with Gasteiger partial charge in [-0.25, -0.2) is 18.0 Å². The maximum absolute atomic E-state index is 13.5. The molecule has 0 aliphatic carbocycles. The molecular weight excluding hydrogens is 661 g/mol. The average molecular weight is 688 g/mol. The molecule has 0 radical (unpaired) electrons. The zero-order valence-electron chi connectivity index (χ0n) is 19.0. The Morgan fingerprint density at radius 1 is 0.941 bits per heavy atom. The molecule has 0 aliphatic rings. The molecule has 2 aromatic carbocycles. The molecule has 0 heterocycles. The van der Waals surface area contributed by atoms with Gasteiger partial charge in [0.15, 0.2) is 0 Å². The number of nitrogens with one attached hydrogen (secondary N) is 1. The molecule has 2 aromatic rings. The van der Waals surface area contributed by atoms with Crippen LogP contribution < -0.4 is 21.7 Å². The van der Waals surface area contributed by atoms with Gasteiger partial charge >= 0.3 is 28.3 Å². The number of esters is 1. The second kappa shape index (κ2) is 14.4. The third kappa shape index (κ3) is 7.78. The molecule has 0 aliphatic heterocycles. The number of hydrogen-bond acceptors (Lipinski definition) is 5. The minimum absolute atomic E-state index is 0. The predicted molar refractivity (Wildman–Crippen MR) is 120 cm³/mol. The molecule has 0 atom stereocenters. The minimum atomic E-state index is -2.36. The first-order valence-electron chi connectivity index (χ1n) is 9.97.